The molecule has 0 aromatic carbocycles. The Morgan fingerprint density at radius 1 is 0.477 bits per heavy atom. The van der Waals surface area contributed by atoms with Gasteiger partial charge in [0.15, 0.2) is 0 Å². The van der Waals surface area contributed by atoms with Crippen LogP contribution in [0.5, 0.6) is 0 Å². The second-order valence-electron chi connectivity index (χ2n) is 37.9. The van der Waals surface area contributed by atoms with Gasteiger partial charge in [-0.15, -0.1) is 0 Å². The molecular weight excluding hydrogens is 1430 g/mol. The van der Waals surface area contributed by atoms with Crippen molar-refractivity contribution < 1.29 is 90.6 Å². The van der Waals surface area contributed by atoms with Crippen molar-refractivity contribution in [2.24, 2.45) is 99.5 Å². The number of urea groups is 2. The van der Waals surface area contributed by atoms with E-state index in [1.54, 1.807) is 53.3 Å². The molecule has 13 amide bonds. The highest BCUT2D eigenvalue weighted by Gasteiger charge is 2.60. The monoisotopic (exact) mass is 1560 g/mol. The van der Waals surface area contributed by atoms with E-state index in [2.05, 4.69) is 10.6 Å². The van der Waals surface area contributed by atoms with Crippen LogP contribution >= 0.6 is 0 Å². The summed E-state index contributed by atoms with van der Waals surface area (Å²) in [5.41, 5.74) is 15.2. The Labute approximate surface area is 653 Å². The Morgan fingerprint density at radius 2 is 0.991 bits per heavy atom. The predicted octanol–water partition coefficient (Wildman–Crippen LogP) is 9.12. The van der Waals surface area contributed by atoms with Crippen molar-refractivity contribution >= 4 is 66.7 Å². The van der Waals surface area contributed by atoms with Crippen LogP contribution in [0.15, 0.2) is 0 Å². The van der Waals surface area contributed by atoms with Crippen LogP contribution in [-0.2, 0) is 42.7 Å². The number of likely N-dealkylation sites (N-methyl/N-ethyl adjacent to an activating group) is 1. The highest BCUT2D eigenvalue weighted by atomic mass is 16.6. The van der Waals surface area contributed by atoms with Crippen LogP contribution in [0.1, 0.15) is 184 Å². The summed E-state index contributed by atoms with van der Waals surface area (Å²) in [4.78, 5) is 146. The summed E-state index contributed by atoms with van der Waals surface area (Å²) in [6.07, 6.45) is 16.7. The number of carbonyl (C=O) groups is 11. The first-order valence-corrected chi connectivity index (χ1v) is 41.5. The lowest BCUT2D eigenvalue weighted by Crippen LogP contribution is -2.60. The van der Waals surface area contributed by atoms with E-state index in [0.717, 1.165) is 82.5 Å². The molecule has 17 fully saturated rings. The van der Waals surface area contributed by atoms with Crippen LogP contribution in [0, 0.1) is 82.3 Å². The number of hydrogen-bond donors (Lipinski definition) is 5. The van der Waals surface area contributed by atoms with Crippen molar-refractivity contribution in [1.82, 2.24) is 49.8 Å². The van der Waals surface area contributed by atoms with E-state index < -0.39 is 23.3 Å². The van der Waals surface area contributed by atoms with Gasteiger partial charge in [-0.2, -0.15) is 0 Å². The topological polar surface area (TPSA) is 390 Å². The molecule has 7 aliphatic heterocycles. The van der Waals surface area contributed by atoms with E-state index in [4.69, 9.17) is 55.1 Å². The molecule has 10 aliphatic carbocycles. The lowest BCUT2D eigenvalue weighted by molar-refractivity contribution is -0.162. The average Bonchev–Trinajstić information content (AvgIpc) is 1.34. The Morgan fingerprint density at radius 3 is 1.52 bits per heavy atom. The Kier molecular flexibility index (Phi) is 25.7. The fraction of sp³-hybridized carbons (Fsp3) is 0.861. The second kappa shape index (κ2) is 34.5. The fourth-order valence-electron chi connectivity index (χ4n) is 20.9. The minimum atomic E-state index is -0.555. The Bertz CT molecular complexity index is 3300. The van der Waals surface area contributed by atoms with Crippen molar-refractivity contribution in [1.29, 1.82) is 0 Å². The smallest absolute Gasteiger partial charge is 0.410 e. The van der Waals surface area contributed by atoms with Crippen LogP contribution in [0.3, 0.4) is 0 Å². The molecule has 7 saturated heterocycles. The van der Waals surface area contributed by atoms with Crippen LogP contribution in [0.25, 0.3) is 0 Å². The number of fused-ring (bicyclic) bond motifs is 4. The summed E-state index contributed by atoms with van der Waals surface area (Å²) in [6.45, 7) is 22.6. The molecule has 12 bridgehead atoms. The minimum absolute atomic E-state index is 0.0694. The molecule has 7 heterocycles. The number of carbonyl (C=O) groups excluding carboxylic acids is 11. The number of nitrogens with two attached hydrogens (primary N) is 3. The van der Waals surface area contributed by atoms with Crippen LogP contribution in [-0.4, -0.2) is 272 Å². The van der Waals surface area contributed by atoms with Crippen molar-refractivity contribution in [2.45, 2.75) is 244 Å². The van der Waals surface area contributed by atoms with Crippen molar-refractivity contribution in [3.8, 4) is 0 Å². The molecule has 6 unspecified atom stereocenters. The summed E-state index contributed by atoms with van der Waals surface area (Å²) in [5.74, 6) is 5.55. The number of ether oxygens (including phenoxy) is 8. The van der Waals surface area contributed by atoms with Crippen LogP contribution in [0.2, 0.25) is 0 Å². The first kappa shape index (κ1) is 82.6. The highest BCUT2D eigenvalue weighted by Crippen LogP contribution is 2.61. The van der Waals surface area contributed by atoms with Crippen molar-refractivity contribution in [2.75, 3.05) is 106 Å². The molecule has 0 spiro atoms. The first-order chi connectivity index (χ1) is 52.5. The molecule has 0 aromatic heterocycles. The zero-order valence-electron chi connectivity index (χ0n) is 67.2. The van der Waals surface area contributed by atoms with Crippen LogP contribution < -0.4 is 27.8 Å². The maximum absolute atomic E-state index is 12.6. The zero-order chi connectivity index (χ0) is 79.7. The maximum Gasteiger partial charge on any atom is 0.410 e. The lowest BCUT2D eigenvalue weighted by Gasteiger charge is -2.58. The van der Waals surface area contributed by atoms with E-state index in [1.165, 1.54) is 32.1 Å². The fourth-order valence-corrected chi connectivity index (χ4v) is 20.9. The van der Waals surface area contributed by atoms with Gasteiger partial charge in [0.1, 0.15) is 35.6 Å². The van der Waals surface area contributed by atoms with Crippen molar-refractivity contribution in [3.05, 3.63) is 0 Å². The number of hydrogen-bond acceptors (Lipinski definition) is 19. The van der Waals surface area contributed by atoms with E-state index >= 15 is 0 Å². The molecule has 10 saturated carbocycles. The van der Waals surface area contributed by atoms with Gasteiger partial charge in [-0.3, -0.25) is 4.79 Å². The highest BCUT2D eigenvalue weighted by molar-refractivity contribution is 5.82. The summed E-state index contributed by atoms with van der Waals surface area (Å²) < 4.78 is 44.5. The third-order valence-electron chi connectivity index (χ3n) is 26.1. The molecule has 8 atom stereocenters. The number of piperidine rings is 2. The minimum Gasteiger partial charge on any atom is -0.449 e. The van der Waals surface area contributed by atoms with E-state index in [1.807, 2.05) is 55.4 Å². The van der Waals surface area contributed by atoms with Crippen molar-refractivity contribution in [3.63, 3.8) is 0 Å². The molecule has 0 radical (unpaired) electrons. The standard InChI is InChI=1S/C21H31N3O5.C21H34N2O4.C19H32N4O5.C18H30N4O5/c22-18(25)21-5-13-3-15(6-21)17(16(4-13)7-21)29-20(27)24-9-14(10-24)8-23-19(26)28-11-12-1-2-12;1-21(2,3)27-19(24)22(4)10-15-11-23(12-15)20(25)26-18-16-6-13-5-14(8-16)9-17(18)7-13;1-12(2)11-27-18(25)21(3)15-6-7-22(10-15)19(26)28-16-8-13-4-5-14(9-16)23(13)17(20)24;1-18(2,3)27-16(24)20-13-6-7-21(10-13)17(25)26-14-11-4-5-12(14)9-22(8-11)15(19)23/h12-17H,1-11H2,(H2,22,25)(H,23,26);13-18H,5-12H2,1-4H3;12-16H,4-11H2,1-3H3,(H2,20,24);11-14H,4-10H2,1-3H3,(H2,19,23)(H,20,24)/t;;13?,14?,15-,16?;11?,12?,13-,14?/m..11/s1. The molecule has 32 heteroatoms. The summed E-state index contributed by atoms with van der Waals surface area (Å²) >= 11 is 0. The number of nitrogens with zero attached hydrogens (tertiary/aromatic N) is 8. The SMILES string of the molecule is CC(C)(C)OC(=O)N[C@@H]1CCN(C(=O)OC2C3CCC2CN(C(N)=O)C3)C1.CC(C)COC(=O)N(C)[C@@H]1CCN(C(=O)OC2CC3CCC(C2)N3C(N)=O)C1.CN(CC1CN(C(=O)OC2C3CC4CC(C3)CC2C4)C1)C(=O)OC(C)(C)C.NC(=O)C12CC3CC(C1)C(OC(=O)N1CC(CNC(=O)OCC4CC4)C1)C(C3)C2. The van der Waals surface area contributed by atoms with Gasteiger partial charge in [0.05, 0.1) is 30.7 Å². The summed E-state index contributed by atoms with van der Waals surface area (Å²) in [5, 5.41) is 5.59. The third kappa shape index (κ3) is 21.0. The zero-order valence-corrected chi connectivity index (χ0v) is 67.2. The number of nitrogens with one attached hydrogen (secondary N) is 2. The van der Waals surface area contributed by atoms with E-state index in [-0.39, 0.29) is 144 Å². The second-order valence-corrected chi connectivity index (χ2v) is 37.9. The largest absolute Gasteiger partial charge is 0.449 e. The van der Waals surface area contributed by atoms with Crippen LogP contribution in [0.4, 0.5) is 47.9 Å². The summed E-state index contributed by atoms with van der Waals surface area (Å²) in [7, 11) is 3.46. The van der Waals surface area contributed by atoms with E-state index in [9.17, 15) is 52.7 Å². The Hall–Kier alpha value is -7.83. The van der Waals surface area contributed by atoms with E-state index in [0.29, 0.717) is 147 Å². The molecule has 17 rings (SSSR count). The molecule has 17 aliphatic rings. The molecule has 622 valence electrons. The van der Waals surface area contributed by atoms with Gasteiger partial charge < -0.3 is 105 Å². The van der Waals surface area contributed by atoms with Gasteiger partial charge in [-0.1, -0.05) is 13.8 Å². The summed E-state index contributed by atoms with van der Waals surface area (Å²) in [6, 6.07) is -0.857. The molecule has 32 nitrogen and oxygen atoms in total. The number of primary amides is 3. The maximum atomic E-state index is 12.6. The molecule has 111 heavy (non-hydrogen) atoms. The lowest BCUT2D eigenvalue weighted by atomic mass is 9.48. The average molecular weight is 1560 g/mol. The van der Waals surface area contributed by atoms with Gasteiger partial charge in [-0.05, 0) is 210 Å². The first-order valence-electron chi connectivity index (χ1n) is 41.5. The molecule has 8 N–H and O–H groups in total. The molecule has 0 aromatic rings. The van der Waals surface area contributed by atoms with Gasteiger partial charge >= 0.3 is 60.8 Å². The van der Waals surface area contributed by atoms with Gasteiger partial charge in [-0.25, -0.2) is 47.9 Å². The number of likely N-dealkylation sites (tertiary alicyclic amines) is 5. The predicted molar refractivity (Wildman–Crippen MR) is 402 cm³/mol. The number of alkyl carbamates (subject to hydrolysis) is 2. The van der Waals surface area contributed by atoms with Gasteiger partial charge in [0.2, 0.25) is 5.91 Å². The number of rotatable bonds is 15. The van der Waals surface area contributed by atoms with Gasteiger partial charge in [0.25, 0.3) is 0 Å². The normalized spacial score (nSPS) is 33.1. The quantitative estimate of drug-likeness (QED) is 0.0953. The molecular formula is C79H127N13O19. The Balaban J connectivity index is 0.000000138. The van der Waals surface area contributed by atoms with Gasteiger partial charge in [0, 0.05) is 141 Å². The third-order valence-corrected chi connectivity index (χ3v) is 26.1. The number of amides is 13.